The number of fused-ring (bicyclic) bond motifs is 1. The lowest BCUT2D eigenvalue weighted by molar-refractivity contribution is 0.0796. The molecule has 1 aliphatic carbocycles. The minimum Gasteiger partial charge on any atom is -0.392 e. The fourth-order valence-corrected chi connectivity index (χ4v) is 6.08. The van der Waals surface area contributed by atoms with Gasteiger partial charge in [0.25, 0.3) is 0 Å². The van der Waals surface area contributed by atoms with Gasteiger partial charge in [-0.05, 0) is 88.0 Å². The first-order valence-electron chi connectivity index (χ1n) is 14.0. The molecular formula is C31H37ClN6O. The van der Waals surface area contributed by atoms with Gasteiger partial charge in [-0.15, -0.1) is 0 Å². The number of aliphatic hydroxyl groups excluding tert-OH is 1. The fraction of sp³-hybridized carbons (Fsp3) is 0.419. The van der Waals surface area contributed by atoms with Gasteiger partial charge >= 0.3 is 0 Å². The van der Waals surface area contributed by atoms with Crippen LogP contribution >= 0.6 is 11.6 Å². The van der Waals surface area contributed by atoms with Crippen LogP contribution in [0.1, 0.15) is 49.7 Å². The average molecular weight is 545 g/mol. The van der Waals surface area contributed by atoms with E-state index in [-0.39, 0.29) is 6.10 Å². The maximum Gasteiger partial charge on any atom is 0.227 e. The normalized spacial score (nSPS) is 17.7. The highest BCUT2D eigenvalue weighted by molar-refractivity contribution is 6.33. The second-order valence-electron chi connectivity index (χ2n) is 11.3. The molecule has 1 atom stereocenters. The maximum atomic E-state index is 9.75. The molecule has 3 N–H and O–H groups in total. The van der Waals surface area contributed by atoms with Crippen LogP contribution in [0.25, 0.3) is 22.2 Å². The number of nitrogens with one attached hydrogen (secondary N) is 2. The molecule has 2 fully saturated rings. The van der Waals surface area contributed by atoms with Gasteiger partial charge < -0.3 is 20.3 Å². The molecular weight excluding hydrogens is 508 g/mol. The molecule has 2 aliphatic rings. The first-order chi connectivity index (χ1) is 18.9. The van der Waals surface area contributed by atoms with Crippen LogP contribution < -0.4 is 5.32 Å². The highest BCUT2D eigenvalue weighted by atomic mass is 35.5. The topological polar surface area (TPSA) is 80.3 Å². The number of hydrogen-bond acceptors (Lipinski definition) is 6. The van der Waals surface area contributed by atoms with E-state index in [1.165, 1.54) is 24.0 Å². The minimum atomic E-state index is -0.285. The SMILES string of the molecule is CC(O)CN(C)C1CCN(Cc2cc(Nc3ncc(Cl)c(-c4c[nH]c5ccccc45)n3)cc(C3CC3)c2)CC1. The number of halogens is 1. The summed E-state index contributed by atoms with van der Waals surface area (Å²) in [6.07, 6.45) is 8.13. The third-order valence-corrected chi connectivity index (χ3v) is 8.32. The Kier molecular flexibility index (Phi) is 7.58. The molecule has 0 amide bonds. The number of benzene rings is 2. The van der Waals surface area contributed by atoms with Crippen molar-refractivity contribution < 1.29 is 5.11 Å². The van der Waals surface area contributed by atoms with Crippen LogP contribution in [0.2, 0.25) is 5.02 Å². The Balaban J connectivity index is 1.19. The second kappa shape index (κ2) is 11.3. The molecule has 204 valence electrons. The first-order valence-corrected chi connectivity index (χ1v) is 14.4. The van der Waals surface area contributed by atoms with Gasteiger partial charge in [-0.1, -0.05) is 35.9 Å². The summed E-state index contributed by atoms with van der Waals surface area (Å²) in [6.45, 7) is 5.67. The summed E-state index contributed by atoms with van der Waals surface area (Å²) in [5, 5.41) is 14.8. The lowest BCUT2D eigenvalue weighted by Crippen LogP contribution is -2.44. The van der Waals surface area contributed by atoms with Crippen LogP contribution in [0.4, 0.5) is 11.6 Å². The number of aromatic amines is 1. The van der Waals surface area contributed by atoms with Crippen LogP contribution in [-0.2, 0) is 6.54 Å². The van der Waals surface area contributed by atoms with Crippen molar-refractivity contribution in [1.29, 1.82) is 0 Å². The molecule has 0 radical (unpaired) electrons. The largest absolute Gasteiger partial charge is 0.392 e. The Morgan fingerprint density at radius 3 is 2.72 bits per heavy atom. The summed E-state index contributed by atoms with van der Waals surface area (Å²) in [4.78, 5) is 17.5. The monoisotopic (exact) mass is 544 g/mol. The van der Waals surface area contributed by atoms with Crippen LogP contribution in [-0.4, -0.2) is 68.7 Å². The predicted molar refractivity (Wildman–Crippen MR) is 159 cm³/mol. The smallest absolute Gasteiger partial charge is 0.227 e. The van der Waals surface area contributed by atoms with Gasteiger partial charge in [0.15, 0.2) is 0 Å². The number of rotatable bonds is 9. The first kappa shape index (κ1) is 26.3. The van der Waals surface area contributed by atoms with Crippen LogP contribution in [0.5, 0.6) is 0 Å². The number of aromatic nitrogens is 3. The standard InChI is InChI=1S/C31H37ClN6O/c1-20(39)18-37(2)25-9-11-38(12-10-25)19-21-13-23(22-7-8-22)15-24(14-21)35-31-34-17-28(32)30(36-31)27-16-33-29-6-4-3-5-26(27)29/h3-6,13-17,20,22,25,33,39H,7-12,18-19H2,1-2H3,(H,34,35,36). The number of piperidine rings is 1. The summed E-state index contributed by atoms with van der Waals surface area (Å²) in [5.41, 5.74) is 6.48. The van der Waals surface area contributed by atoms with E-state index in [1.807, 2.05) is 31.3 Å². The van der Waals surface area contributed by atoms with E-state index in [2.05, 4.69) is 56.4 Å². The Labute approximate surface area is 235 Å². The summed E-state index contributed by atoms with van der Waals surface area (Å²) >= 11 is 6.57. The van der Waals surface area contributed by atoms with E-state index < -0.39 is 0 Å². The molecule has 1 saturated heterocycles. The number of aliphatic hydroxyl groups is 1. The van der Waals surface area contributed by atoms with Crippen LogP contribution in [0.3, 0.4) is 0 Å². The van der Waals surface area contributed by atoms with Crippen molar-refractivity contribution in [1.82, 2.24) is 24.8 Å². The average Bonchev–Trinajstić information content (AvgIpc) is 3.69. The van der Waals surface area contributed by atoms with E-state index in [0.29, 0.717) is 28.6 Å². The predicted octanol–water partition coefficient (Wildman–Crippen LogP) is 6.18. The van der Waals surface area contributed by atoms with E-state index in [9.17, 15) is 5.11 Å². The highest BCUT2D eigenvalue weighted by Gasteiger charge is 2.26. The molecule has 2 aromatic carbocycles. The van der Waals surface area contributed by atoms with Crippen molar-refractivity contribution in [3.05, 3.63) is 71.0 Å². The number of anilines is 2. The van der Waals surface area contributed by atoms with Crippen LogP contribution in [0, 0.1) is 0 Å². The molecule has 1 saturated carbocycles. The summed E-state index contributed by atoms with van der Waals surface area (Å²) < 4.78 is 0. The number of likely N-dealkylation sites (tertiary alicyclic amines) is 1. The zero-order valence-corrected chi connectivity index (χ0v) is 23.5. The van der Waals surface area contributed by atoms with Gasteiger partial charge in [-0.3, -0.25) is 4.90 Å². The van der Waals surface area contributed by atoms with Crippen molar-refractivity contribution in [3.8, 4) is 11.3 Å². The van der Waals surface area contributed by atoms with Gasteiger partial charge in [0, 0.05) is 47.5 Å². The molecule has 39 heavy (non-hydrogen) atoms. The van der Waals surface area contributed by atoms with Crippen molar-refractivity contribution in [2.24, 2.45) is 0 Å². The summed E-state index contributed by atoms with van der Waals surface area (Å²) in [6, 6.07) is 15.6. The van der Waals surface area contributed by atoms with Gasteiger partial charge in [0.2, 0.25) is 5.95 Å². The van der Waals surface area contributed by atoms with Gasteiger partial charge in [0.1, 0.15) is 0 Å². The number of para-hydroxylation sites is 1. The number of H-pyrrole nitrogens is 1. The van der Waals surface area contributed by atoms with E-state index in [4.69, 9.17) is 16.6 Å². The Hall–Kier alpha value is -2.97. The molecule has 2 aromatic heterocycles. The lowest BCUT2D eigenvalue weighted by Gasteiger charge is -2.37. The molecule has 6 rings (SSSR count). The quantitative estimate of drug-likeness (QED) is 0.233. The summed E-state index contributed by atoms with van der Waals surface area (Å²) in [7, 11) is 2.13. The zero-order valence-electron chi connectivity index (χ0n) is 22.7. The number of hydrogen-bond donors (Lipinski definition) is 3. The Morgan fingerprint density at radius 2 is 1.95 bits per heavy atom. The molecule has 1 unspecified atom stereocenters. The van der Waals surface area contributed by atoms with Crippen molar-refractivity contribution in [3.63, 3.8) is 0 Å². The molecule has 8 heteroatoms. The van der Waals surface area contributed by atoms with E-state index >= 15 is 0 Å². The van der Waals surface area contributed by atoms with Crippen molar-refractivity contribution in [2.75, 3.05) is 32.0 Å². The van der Waals surface area contributed by atoms with E-state index in [1.54, 1.807) is 6.20 Å². The Morgan fingerprint density at radius 1 is 1.15 bits per heavy atom. The third kappa shape index (κ3) is 6.12. The third-order valence-electron chi connectivity index (χ3n) is 8.05. The second-order valence-corrected chi connectivity index (χ2v) is 11.7. The van der Waals surface area contributed by atoms with Gasteiger partial charge in [-0.25, -0.2) is 9.97 Å². The van der Waals surface area contributed by atoms with Crippen molar-refractivity contribution >= 4 is 34.1 Å². The summed E-state index contributed by atoms with van der Waals surface area (Å²) in [5.74, 6) is 1.19. The maximum absolute atomic E-state index is 9.75. The van der Waals surface area contributed by atoms with Crippen molar-refractivity contribution in [2.45, 2.75) is 57.2 Å². The Bertz CT molecular complexity index is 1440. The molecule has 1 aliphatic heterocycles. The molecule has 7 nitrogen and oxygen atoms in total. The molecule has 4 aromatic rings. The van der Waals surface area contributed by atoms with E-state index in [0.717, 1.165) is 61.2 Å². The number of likely N-dealkylation sites (N-methyl/N-ethyl adjacent to an activating group) is 1. The van der Waals surface area contributed by atoms with Gasteiger partial charge in [-0.2, -0.15) is 0 Å². The minimum absolute atomic E-state index is 0.285. The molecule has 0 spiro atoms. The molecule has 3 heterocycles. The fourth-order valence-electron chi connectivity index (χ4n) is 5.89. The number of nitrogens with zero attached hydrogens (tertiary/aromatic N) is 4. The highest BCUT2D eigenvalue weighted by Crippen LogP contribution is 2.42. The van der Waals surface area contributed by atoms with Gasteiger partial charge in [0.05, 0.1) is 23.0 Å². The van der Waals surface area contributed by atoms with Crippen LogP contribution in [0.15, 0.2) is 54.9 Å². The zero-order chi connectivity index (χ0) is 26.9. The lowest BCUT2D eigenvalue weighted by atomic mass is 10.0. The molecule has 0 bridgehead atoms.